The van der Waals surface area contributed by atoms with E-state index < -0.39 is 0 Å². The van der Waals surface area contributed by atoms with Gasteiger partial charge in [0.15, 0.2) is 5.16 Å². The molecule has 1 aromatic heterocycles. The van der Waals surface area contributed by atoms with Gasteiger partial charge in [-0.1, -0.05) is 11.8 Å². The predicted octanol–water partition coefficient (Wildman–Crippen LogP) is 0.253. The van der Waals surface area contributed by atoms with Crippen LogP contribution >= 0.6 is 24.2 Å². The molecule has 1 atom stereocenters. The zero-order valence-electron chi connectivity index (χ0n) is 10.9. The Labute approximate surface area is 127 Å². The molecule has 2 N–H and O–H groups in total. The number of halogens is 1. The topological polar surface area (TPSA) is 76.0 Å². The number of hydrogen-bond acceptors (Lipinski definition) is 5. The van der Waals surface area contributed by atoms with Crippen LogP contribution in [0.2, 0.25) is 0 Å². The highest BCUT2D eigenvalue weighted by Gasteiger charge is 2.22. The molecule has 0 spiro atoms. The fourth-order valence-corrected chi connectivity index (χ4v) is 3.33. The van der Waals surface area contributed by atoms with Crippen LogP contribution < -0.4 is 16.2 Å². The monoisotopic (exact) mass is 316 g/mol. The first-order valence-electron chi connectivity index (χ1n) is 6.50. The molecule has 0 aliphatic carbocycles. The highest BCUT2D eigenvalue weighted by molar-refractivity contribution is 7.99. The molecule has 2 aliphatic heterocycles. The van der Waals surface area contributed by atoms with Crippen molar-refractivity contribution < 1.29 is 4.79 Å². The maximum absolute atomic E-state index is 12.2. The maximum atomic E-state index is 12.2. The number of piperidine rings is 1. The van der Waals surface area contributed by atoms with Crippen molar-refractivity contribution >= 4 is 30.1 Å². The predicted molar refractivity (Wildman–Crippen MR) is 79.8 cm³/mol. The highest BCUT2D eigenvalue weighted by Crippen LogP contribution is 2.20. The second kappa shape index (κ2) is 6.60. The number of nitrogens with one attached hydrogen (secondary N) is 2. The summed E-state index contributed by atoms with van der Waals surface area (Å²) in [6.07, 6.45) is 3.40. The van der Waals surface area contributed by atoms with Crippen LogP contribution in [-0.4, -0.2) is 40.3 Å². The fraction of sp³-hybridized carbons (Fsp3) is 0.583. The Bertz CT molecular complexity index is 557. The SMILES string of the molecule is Cl.O=C(N[C@H]1CCCNC1)c1cnc2n(c1=O)CCS2. The van der Waals surface area contributed by atoms with Gasteiger partial charge in [0.1, 0.15) is 5.56 Å². The highest BCUT2D eigenvalue weighted by atomic mass is 35.5. The molecule has 1 fully saturated rings. The van der Waals surface area contributed by atoms with Crippen molar-refractivity contribution in [2.75, 3.05) is 18.8 Å². The van der Waals surface area contributed by atoms with E-state index >= 15 is 0 Å². The third-order valence-corrected chi connectivity index (χ3v) is 4.40. The zero-order valence-corrected chi connectivity index (χ0v) is 12.6. The molecule has 110 valence electrons. The molecule has 0 aromatic carbocycles. The lowest BCUT2D eigenvalue weighted by molar-refractivity contribution is 0.0927. The van der Waals surface area contributed by atoms with Gasteiger partial charge in [-0.3, -0.25) is 14.2 Å². The van der Waals surface area contributed by atoms with E-state index in [1.807, 2.05) is 0 Å². The van der Waals surface area contributed by atoms with E-state index in [0.29, 0.717) is 11.7 Å². The minimum absolute atomic E-state index is 0. The lowest BCUT2D eigenvalue weighted by Crippen LogP contribution is -2.47. The first-order chi connectivity index (χ1) is 9.25. The van der Waals surface area contributed by atoms with Crippen LogP contribution in [0, 0.1) is 0 Å². The van der Waals surface area contributed by atoms with E-state index in [2.05, 4.69) is 15.6 Å². The van der Waals surface area contributed by atoms with Gasteiger partial charge in [0, 0.05) is 31.1 Å². The summed E-state index contributed by atoms with van der Waals surface area (Å²) in [6.45, 7) is 2.39. The van der Waals surface area contributed by atoms with Gasteiger partial charge in [-0.2, -0.15) is 0 Å². The molecule has 2 aliphatic rings. The van der Waals surface area contributed by atoms with Crippen LogP contribution in [0.3, 0.4) is 0 Å². The molecule has 8 heteroatoms. The Hall–Kier alpha value is -1.05. The number of thioether (sulfide) groups is 1. The smallest absolute Gasteiger partial charge is 0.267 e. The number of rotatable bonds is 2. The number of nitrogens with zero attached hydrogens (tertiary/aromatic N) is 2. The molecule has 1 amide bonds. The summed E-state index contributed by atoms with van der Waals surface area (Å²) in [5, 5.41) is 6.85. The zero-order chi connectivity index (χ0) is 13.2. The van der Waals surface area contributed by atoms with E-state index in [9.17, 15) is 9.59 Å². The van der Waals surface area contributed by atoms with Crippen LogP contribution in [0.1, 0.15) is 23.2 Å². The average molecular weight is 317 g/mol. The first kappa shape index (κ1) is 15.3. The number of hydrogen-bond donors (Lipinski definition) is 2. The van der Waals surface area contributed by atoms with Gasteiger partial charge in [0.25, 0.3) is 11.5 Å². The Morgan fingerprint density at radius 3 is 3.15 bits per heavy atom. The van der Waals surface area contributed by atoms with Crippen molar-refractivity contribution in [3.05, 3.63) is 22.1 Å². The summed E-state index contributed by atoms with van der Waals surface area (Å²) in [7, 11) is 0. The van der Waals surface area contributed by atoms with Gasteiger partial charge in [0.05, 0.1) is 0 Å². The molecular formula is C12H17ClN4O2S. The third kappa shape index (κ3) is 2.99. The molecule has 0 saturated carbocycles. The fourth-order valence-electron chi connectivity index (χ4n) is 2.41. The average Bonchev–Trinajstić information content (AvgIpc) is 2.89. The molecular weight excluding hydrogens is 300 g/mol. The van der Waals surface area contributed by atoms with Gasteiger partial charge in [-0.25, -0.2) is 4.98 Å². The van der Waals surface area contributed by atoms with E-state index in [1.165, 1.54) is 6.20 Å². The quantitative estimate of drug-likeness (QED) is 0.765. The van der Waals surface area contributed by atoms with Gasteiger partial charge in [-0.05, 0) is 19.4 Å². The minimum atomic E-state index is -0.307. The lowest BCUT2D eigenvalue weighted by atomic mass is 10.1. The molecule has 3 heterocycles. The molecule has 0 bridgehead atoms. The summed E-state index contributed by atoms with van der Waals surface area (Å²) in [5.41, 5.74) is -0.0758. The second-order valence-corrected chi connectivity index (χ2v) is 5.84. The Morgan fingerprint density at radius 1 is 1.55 bits per heavy atom. The van der Waals surface area contributed by atoms with Crippen molar-refractivity contribution in [2.24, 2.45) is 0 Å². The first-order valence-corrected chi connectivity index (χ1v) is 7.48. The van der Waals surface area contributed by atoms with Crippen LogP contribution in [-0.2, 0) is 6.54 Å². The Kier molecular flexibility index (Phi) is 5.06. The molecule has 0 unspecified atom stereocenters. The second-order valence-electron chi connectivity index (χ2n) is 4.78. The van der Waals surface area contributed by atoms with Crippen LogP contribution in [0.4, 0.5) is 0 Å². The molecule has 1 aromatic rings. The summed E-state index contributed by atoms with van der Waals surface area (Å²) in [6, 6.07) is 0.105. The van der Waals surface area contributed by atoms with Crippen molar-refractivity contribution in [1.82, 2.24) is 20.2 Å². The number of aromatic nitrogens is 2. The summed E-state index contributed by atoms with van der Waals surface area (Å²) < 4.78 is 1.58. The lowest BCUT2D eigenvalue weighted by Gasteiger charge is -2.23. The minimum Gasteiger partial charge on any atom is -0.348 e. The number of fused-ring (bicyclic) bond motifs is 1. The number of carbonyl (C=O) groups excluding carboxylic acids is 1. The van der Waals surface area contributed by atoms with Gasteiger partial charge < -0.3 is 10.6 Å². The molecule has 0 radical (unpaired) electrons. The van der Waals surface area contributed by atoms with Crippen LogP contribution in [0.25, 0.3) is 0 Å². The largest absolute Gasteiger partial charge is 0.348 e. The normalized spacial score (nSPS) is 20.9. The number of carbonyl (C=O) groups is 1. The van der Waals surface area contributed by atoms with Crippen molar-refractivity contribution in [2.45, 2.75) is 30.6 Å². The van der Waals surface area contributed by atoms with E-state index in [1.54, 1.807) is 16.3 Å². The number of amides is 1. The van der Waals surface area contributed by atoms with Gasteiger partial charge >= 0.3 is 0 Å². The third-order valence-electron chi connectivity index (χ3n) is 3.43. The van der Waals surface area contributed by atoms with Crippen molar-refractivity contribution in [3.63, 3.8) is 0 Å². The van der Waals surface area contributed by atoms with Crippen LogP contribution in [0.15, 0.2) is 16.1 Å². The summed E-state index contributed by atoms with van der Waals surface area (Å²) >= 11 is 1.55. The van der Waals surface area contributed by atoms with E-state index in [0.717, 1.165) is 31.7 Å². The van der Waals surface area contributed by atoms with Gasteiger partial charge in [0.2, 0.25) is 0 Å². The molecule has 3 rings (SSSR count). The summed E-state index contributed by atoms with van der Waals surface area (Å²) in [5.74, 6) is 0.540. The summed E-state index contributed by atoms with van der Waals surface area (Å²) in [4.78, 5) is 28.5. The standard InChI is InChI=1S/C12H16N4O2S.ClH/c17-10(15-8-2-1-3-13-6-8)9-7-14-12-16(11(9)18)4-5-19-12;/h7-8,13H,1-6H2,(H,15,17);1H/t8-;/m0./s1. The van der Waals surface area contributed by atoms with Crippen molar-refractivity contribution in [3.8, 4) is 0 Å². The molecule has 6 nitrogen and oxygen atoms in total. The maximum Gasteiger partial charge on any atom is 0.267 e. The molecule has 1 saturated heterocycles. The molecule has 20 heavy (non-hydrogen) atoms. The van der Waals surface area contributed by atoms with Gasteiger partial charge in [-0.15, -0.1) is 12.4 Å². The van der Waals surface area contributed by atoms with E-state index in [4.69, 9.17) is 0 Å². The van der Waals surface area contributed by atoms with Crippen LogP contribution in [0.5, 0.6) is 0 Å². The Morgan fingerprint density at radius 2 is 2.40 bits per heavy atom. The Balaban J connectivity index is 0.00000147. The van der Waals surface area contributed by atoms with E-state index in [-0.39, 0.29) is 35.5 Å². The van der Waals surface area contributed by atoms with Crippen molar-refractivity contribution in [1.29, 1.82) is 0 Å².